The third-order valence-electron chi connectivity index (χ3n) is 1.83. The zero-order valence-electron chi connectivity index (χ0n) is 6.41. The van der Waals surface area contributed by atoms with Gasteiger partial charge < -0.3 is 10.1 Å². The monoisotopic (exact) mass is 179 g/mol. The van der Waals surface area contributed by atoms with E-state index in [2.05, 4.69) is 17.6 Å². The zero-order chi connectivity index (χ0) is 8.55. The van der Waals surface area contributed by atoms with Gasteiger partial charge in [-0.1, -0.05) is 0 Å². The molecule has 62 valence electrons. The van der Waals surface area contributed by atoms with Crippen molar-refractivity contribution in [1.29, 1.82) is 0 Å². The van der Waals surface area contributed by atoms with Gasteiger partial charge in [0, 0.05) is 23.0 Å². The Morgan fingerprint density at radius 2 is 2.17 bits per heavy atom. The quantitative estimate of drug-likeness (QED) is 0.577. The van der Waals surface area contributed by atoms with Crippen LogP contribution in [0.2, 0.25) is 0 Å². The van der Waals surface area contributed by atoms with E-state index in [0.717, 1.165) is 16.6 Å². The van der Waals surface area contributed by atoms with Crippen molar-refractivity contribution in [3.05, 3.63) is 30.0 Å². The van der Waals surface area contributed by atoms with E-state index in [4.69, 9.17) is 0 Å². The van der Waals surface area contributed by atoms with Crippen LogP contribution in [-0.4, -0.2) is 10.1 Å². The lowest BCUT2D eigenvalue weighted by atomic mass is 10.2. The highest BCUT2D eigenvalue weighted by atomic mass is 32.1. The standard InChI is InChI=1S/C9H9NOS/c11-8-2-1-6-3-7(5-12)10-9(6)4-8/h1-4,10-12H,5H2. The molecule has 0 spiro atoms. The fourth-order valence-corrected chi connectivity index (χ4v) is 1.43. The molecule has 2 N–H and O–H groups in total. The van der Waals surface area contributed by atoms with Crippen LogP contribution < -0.4 is 0 Å². The van der Waals surface area contributed by atoms with Crippen LogP contribution in [0.5, 0.6) is 5.75 Å². The van der Waals surface area contributed by atoms with E-state index in [1.807, 2.05) is 12.1 Å². The molecule has 0 radical (unpaired) electrons. The molecule has 2 aromatic rings. The average molecular weight is 179 g/mol. The Morgan fingerprint density at radius 1 is 1.33 bits per heavy atom. The fourth-order valence-electron chi connectivity index (χ4n) is 1.26. The molecule has 0 aliphatic heterocycles. The van der Waals surface area contributed by atoms with Gasteiger partial charge in [-0.2, -0.15) is 12.6 Å². The van der Waals surface area contributed by atoms with Crippen LogP contribution in [0.3, 0.4) is 0 Å². The number of hydrogen-bond acceptors (Lipinski definition) is 2. The lowest BCUT2D eigenvalue weighted by Crippen LogP contribution is -1.72. The van der Waals surface area contributed by atoms with Crippen molar-refractivity contribution in [3.8, 4) is 5.75 Å². The molecular formula is C9H9NOS. The van der Waals surface area contributed by atoms with E-state index in [1.165, 1.54) is 0 Å². The predicted molar refractivity (Wildman–Crippen MR) is 52.7 cm³/mol. The minimum absolute atomic E-state index is 0.287. The summed E-state index contributed by atoms with van der Waals surface area (Å²) in [6.07, 6.45) is 0. The smallest absolute Gasteiger partial charge is 0.117 e. The summed E-state index contributed by atoms with van der Waals surface area (Å²) in [6, 6.07) is 7.30. The fraction of sp³-hybridized carbons (Fsp3) is 0.111. The minimum atomic E-state index is 0.287. The largest absolute Gasteiger partial charge is 0.508 e. The van der Waals surface area contributed by atoms with Crippen LogP contribution in [-0.2, 0) is 5.75 Å². The summed E-state index contributed by atoms with van der Waals surface area (Å²) in [7, 11) is 0. The lowest BCUT2D eigenvalue weighted by Gasteiger charge is -1.90. The summed E-state index contributed by atoms with van der Waals surface area (Å²) in [5.41, 5.74) is 2.03. The maximum atomic E-state index is 9.17. The summed E-state index contributed by atoms with van der Waals surface area (Å²) in [5, 5.41) is 10.3. The number of hydrogen-bond donors (Lipinski definition) is 3. The number of H-pyrrole nitrogens is 1. The van der Waals surface area contributed by atoms with E-state index in [0.29, 0.717) is 5.75 Å². The van der Waals surface area contributed by atoms with Crippen molar-refractivity contribution in [2.24, 2.45) is 0 Å². The third-order valence-corrected chi connectivity index (χ3v) is 2.17. The van der Waals surface area contributed by atoms with Gasteiger partial charge in [-0.3, -0.25) is 0 Å². The summed E-state index contributed by atoms with van der Waals surface area (Å²) < 4.78 is 0. The first-order valence-corrected chi connectivity index (χ1v) is 4.34. The van der Waals surface area contributed by atoms with Crippen LogP contribution in [0.15, 0.2) is 24.3 Å². The number of aromatic amines is 1. The summed E-state index contributed by atoms with van der Waals surface area (Å²) in [5.74, 6) is 0.977. The van der Waals surface area contributed by atoms with Crippen LogP contribution in [0, 0.1) is 0 Å². The van der Waals surface area contributed by atoms with Gasteiger partial charge in [0.05, 0.1) is 0 Å². The number of benzene rings is 1. The molecule has 1 aromatic carbocycles. The Bertz CT molecular complexity index is 408. The second-order valence-corrected chi connectivity index (χ2v) is 3.04. The molecule has 1 heterocycles. The van der Waals surface area contributed by atoms with E-state index < -0.39 is 0 Å². The highest BCUT2D eigenvalue weighted by molar-refractivity contribution is 7.79. The maximum Gasteiger partial charge on any atom is 0.117 e. The lowest BCUT2D eigenvalue weighted by molar-refractivity contribution is 0.476. The van der Waals surface area contributed by atoms with Gasteiger partial charge in [-0.25, -0.2) is 0 Å². The van der Waals surface area contributed by atoms with Gasteiger partial charge in [0.25, 0.3) is 0 Å². The molecule has 12 heavy (non-hydrogen) atoms. The molecular weight excluding hydrogens is 170 g/mol. The normalized spacial score (nSPS) is 10.8. The molecule has 0 unspecified atom stereocenters. The number of phenols is 1. The molecule has 2 rings (SSSR count). The summed E-state index contributed by atoms with van der Waals surface area (Å²) in [4.78, 5) is 3.15. The molecule has 1 aromatic heterocycles. The second-order valence-electron chi connectivity index (χ2n) is 2.72. The second kappa shape index (κ2) is 2.75. The van der Waals surface area contributed by atoms with Gasteiger partial charge in [0.2, 0.25) is 0 Å². The van der Waals surface area contributed by atoms with Crippen molar-refractivity contribution in [1.82, 2.24) is 4.98 Å². The number of aromatic nitrogens is 1. The van der Waals surface area contributed by atoms with Crippen molar-refractivity contribution < 1.29 is 5.11 Å². The van der Waals surface area contributed by atoms with Gasteiger partial charge in [0.15, 0.2) is 0 Å². The van der Waals surface area contributed by atoms with Crippen LogP contribution in [0.4, 0.5) is 0 Å². The van der Waals surface area contributed by atoms with Gasteiger partial charge >= 0.3 is 0 Å². The number of phenolic OH excluding ortho intramolecular Hbond substituents is 1. The summed E-state index contributed by atoms with van der Waals surface area (Å²) in [6.45, 7) is 0. The van der Waals surface area contributed by atoms with E-state index in [1.54, 1.807) is 12.1 Å². The molecule has 0 amide bonds. The molecule has 2 nitrogen and oxygen atoms in total. The Hall–Kier alpha value is -1.09. The van der Waals surface area contributed by atoms with Crippen molar-refractivity contribution in [2.45, 2.75) is 5.75 Å². The highest BCUT2D eigenvalue weighted by Gasteiger charge is 1.98. The number of rotatable bonds is 1. The predicted octanol–water partition coefficient (Wildman–Crippen LogP) is 2.30. The van der Waals surface area contributed by atoms with Crippen LogP contribution in [0.1, 0.15) is 5.69 Å². The first-order chi connectivity index (χ1) is 5.79. The molecule has 3 heteroatoms. The minimum Gasteiger partial charge on any atom is -0.508 e. The van der Waals surface area contributed by atoms with E-state index in [9.17, 15) is 5.11 Å². The third kappa shape index (κ3) is 1.16. The molecule has 0 saturated carbocycles. The highest BCUT2D eigenvalue weighted by Crippen LogP contribution is 2.20. The van der Waals surface area contributed by atoms with Crippen LogP contribution >= 0.6 is 12.6 Å². The maximum absolute atomic E-state index is 9.17. The zero-order valence-corrected chi connectivity index (χ0v) is 7.31. The van der Waals surface area contributed by atoms with Crippen LogP contribution in [0.25, 0.3) is 10.9 Å². The van der Waals surface area contributed by atoms with E-state index in [-0.39, 0.29) is 5.75 Å². The average Bonchev–Trinajstić information content (AvgIpc) is 2.46. The number of thiol groups is 1. The number of fused-ring (bicyclic) bond motifs is 1. The molecule has 0 aliphatic rings. The molecule has 0 atom stereocenters. The topological polar surface area (TPSA) is 36.0 Å². The van der Waals surface area contributed by atoms with Crippen molar-refractivity contribution in [2.75, 3.05) is 0 Å². The number of aromatic hydroxyl groups is 1. The van der Waals surface area contributed by atoms with Crippen molar-refractivity contribution >= 4 is 23.5 Å². The molecule has 0 saturated heterocycles. The van der Waals surface area contributed by atoms with Gasteiger partial charge in [-0.15, -0.1) is 0 Å². The Labute approximate surface area is 75.6 Å². The Balaban J connectivity index is 2.67. The Kier molecular flexibility index (Phi) is 1.73. The van der Waals surface area contributed by atoms with Gasteiger partial charge in [-0.05, 0) is 23.6 Å². The molecule has 0 fully saturated rings. The summed E-state index contributed by atoms with van der Waals surface area (Å²) >= 11 is 4.15. The van der Waals surface area contributed by atoms with Gasteiger partial charge in [0.1, 0.15) is 5.75 Å². The van der Waals surface area contributed by atoms with Crippen molar-refractivity contribution in [3.63, 3.8) is 0 Å². The first kappa shape index (κ1) is 7.55. The number of nitrogens with one attached hydrogen (secondary N) is 1. The molecule has 0 aliphatic carbocycles. The molecule has 0 bridgehead atoms. The SMILES string of the molecule is Oc1ccc2cc(CS)[nH]c2c1. The Morgan fingerprint density at radius 3 is 2.92 bits per heavy atom. The first-order valence-electron chi connectivity index (χ1n) is 3.71. The van der Waals surface area contributed by atoms with E-state index >= 15 is 0 Å².